The zero-order chi connectivity index (χ0) is 11.8. The first-order valence-electron chi connectivity index (χ1n) is 5.23. The normalized spacial score (nSPS) is 17.1. The molecule has 0 amide bonds. The average molecular weight is 224 g/mol. The molecule has 0 unspecified atom stereocenters. The van der Waals surface area contributed by atoms with Crippen LogP contribution in [0.3, 0.4) is 0 Å². The first-order chi connectivity index (χ1) is 7.59. The van der Waals surface area contributed by atoms with Gasteiger partial charge < -0.3 is 5.73 Å². The topological polar surface area (TPSA) is 69.2 Å². The average Bonchev–Trinajstić information content (AvgIpc) is 2.99. The van der Waals surface area contributed by atoms with E-state index in [0.717, 1.165) is 24.8 Å². The third-order valence-electron chi connectivity index (χ3n) is 3.23. The predicted octanol–water partition coefficient (Wildman–Crippen LogP) is 2.11. The van der Waals surface area contributed by atoms with Crippen molar-refractivity contribution in [2.24, 2.45) is 5.73 Å². The first kappa shape index (κ1) is 11.0. The Labute approximate surface area is 92.4 Å². The zero-order valence-electron chi connectivity index (χ0n) is 8.78. The van der Waals surface area contributed by atoms with Crippen LogP contribution in [-0.2, 0) is 5.41 Å². The molecule has 1 aromatic rings. The Kier molecular flexibility index (Phi) is 2.63. The van der Waals surface area contributed by atoms with Crippen LogP contribution in [0.25, 0.3) is 0 Å². The first-order valence-corrected chi connectivity index (χ1v) is 5.23. The van der Waals surface area contributed by atoms with Crippen molar-refractivity contribution in [1.29, 1.82) is 0 Å². The van der Waals surface area contributed by atoms with Crippen LogP contribution in [0.1, 0.15) is 24.8 Å². The fourth-order valence-corrected chi connectivity index (χ4v) is 2.09. The van der Waals surface area contributed by atoms with E-state index in [9.17, 15) is 14.5 Å². The van der Waals surface area contributed by atoms with E-state index in [4.69, 9.17) is 5.73 Å². The van der Waals surface area contributed by atoms with Crippen LogP contribution < -0.4 is 5.73 Å². The summed E-state index contributed by atoms with van der Waals surface area (Å²) in [6.45, 7) is 0.547. The molecule has 1 saturated carbocycles. The highest BCUT2D eigenvalue weighted by atomic mass is 19.1. The summed E-state index contributed by atoms with van der Waals surface area (Å²) in [6.07, 6.45) is 2.76. The number of rotatable bonds is 4. The molecule has 86 valence electrons. The number of hydrogen-bond acceptors (Lipinski definition) is 3. The van der Waals surface area contributed by atoms with Gasteiger partial charge in [0.05, 0.1) is 4.92 Å². The van der Waals surface area contributed by atoms with Crippen LogP contribution in [0.5, 0.6) is 0 Å². The number of nitrogens with zero attached hydrogens (tertiary/aromatic N) is 1. The molecule has 1 aliphatic carbocycles. The minimum Gasteiger partial charge on any atom is -0.330 e. The maximum absolute atomic E-state index is 13.1. The molecule has 0 aliphatic heterocycles. The number of halogens is 1. The van der Waals surface area contributed by atoms with Gasteiger partial charge in [0.15, 0.2) is 0 Å². The minimum atomic E-state index is -0.780. The molecule has 1 aromatic carbocycles. The van der Waals surface area contributed by atoms with Gasteiger partial charge in [-0.15, -0.1) is 0 Å². The summed E-state index contributed by atoms with van der Waals surface area (Å²) in [7, 11) is 0. The minimum absolute atomic E-state index is 0.0345. The maximum Gasteiger partial charge on any atom is 0.305 e. The highest BCUT2D eigenvalue weighted by molar-refractivity contribution is 5.42. The highest BCUT2D eigenvalue weighted by Gasteiger charge is 2.44. The van der Waals surface area contributed by atoms with E-state index in [-0.39, 0.29) is 5.41 Å². The van der Waals surface area contributed by atoms with Crippen LogP contribution in [-0.4, -0.2) is 11.5 Å². The van der Waals surface area contributed by atoms with Crippen molar-refractivity contribution in [3.05, 3.63) is 39.7 Å². The van der Waals surface area contributed by atoms with Crippen molar-refractivity contribution < 1.29 is 9.31 Å². The van der Waals surface area contributed by atoms with Gasteiger partial charge in [-0.1, -0.05) is 6.07 Å². The van der Waals surface area contributed by atoms with Crippen molar-refractivity contribution in [3.8, 4) is 0 Å². The molecule has 0 aromatic heterocycles. The Morgan fingerprint density at radius 1 is 1.50 bits per heavy atom. The van der Waals surface area contributed by atoms with Gasteiger partial charge in [0, 0.05) is 6.07 Å². The summed E-state index contributed by atoms with van der Waals surface area (Å²) < 4.78 is 13.1. The SMILES string of the molecule is NCCC1(c2ccc(F)c([N+](=O)[O-])c2)CC1. The second-order valence-electron chi connectivity index (χ2n) is 4.24. The second kappa shape index (κ2) is 3.83. The van der Waals surface area contributed by atoms with E-state index < -0.39 is 16.4 Å². The molecule has 16 heavy (non-hydrogen) atoms. The molecular formula is C11H13FN2O2. The Morgan fingerprint density at radius 3 is 2.69 bits per heavy atom. The number of hydrogen-bond donors (Lipinski definition) is 1. The van der Waals surface area contributed by atoms with E-state index in [1.807, 2.05) is 0 Å². The van der Waals surface area contributed by atoms with E-state index in [2.05, 4.69) is 0 Å². The number of benzene rings is 1. The van der Waals surface area contributed by atoms with Crippen LogP contribution in [0.2, 0.25) is 0 Å². The Balaban J connectivity index is 2.36. The van der Waals surface area contributed by atoms with Gasteiger partial charge in [0.2, 0.25) is 5.82 Å². The number of nitrogens with two attached hydrogens (primary N) is 1. The lowest BCUT2D eigenvalue weighted by Gasteiger charge is -2.13. The number of nitro groups is 1. The Bertz CT molecular complexity index is 430. The summed E-state index contributed by atoms with van der Waals surface area (Å²) >= 11 is 0. The van der Waals surface area contributed by atoms with Crippen LogP contribution in [0, 0.1) is 15.9 Å². The van der Waals surface area contributed by atoms with Crippen molar-refractivity contribution in [2.75, 3.05) is 6.54 Å². The predicted molar refractivity (Wildman–Crippen MR) is 57.6 cm³/mol. The summed E-state index contributed by atoms with van der Waals surface area (Å²) in [5.41, 5.74) is 5.87. The molecular weight excluding hydrogens is 211 g/mol. The largest absolute Gasteiger partial charge is 0.330 e. The third-order valence-corrected chi connectivity index (χ3v) is 3.23. The maximum atomic E-state index is 13.1. The lowest BCUT2D eigenvalue weighted by atomic mass is 9.92. The molecule has 0 heterocycles. The van der Waals surface area contributed by atoms with Gasteiger partial charge >= 0.3 is 5.69 Å². The Morgan fingerprint density at radius 2 is 2.19 bits per heavy atom. The smallest absolute Gasteiger partial charge is 0.305 e. The van der Waals surface area contributed by atoms with Crippen LogP contribution in [0.4, 0.5) is 10.1 Å². The number of nitro benzene ring substituents is 1. The van der Waals surface area contributed by atoms with Gasteiger partial charge in [-0.05, 0) is 42.9 Å². The van der Waals surface area contributed by atoms with Crippen LogP contribution in [0.15, 0.2) is 18.2 Å². The van der Waals surface area contributed by atoms with E-state index in [1.165, 1.54) is 12.1 Å². The molecule has 0 saturated heterocycles. The Hall–Kier alpha value is -1.49. The molecule has 0 bridgehead atoms. The third kappa shape index (κ3) is 1.78. The molecule has 0 spiro atoms. The monoisotopic (exact) mass is 224 g/mol. The quantitative estimate of drug-likeness (QED) is 0.629. The van der Waals surface area contributed by atoms with Crippen molar-refractivity contribution in [3.63, 3.8) is 0 Å². The van der Waals surface area contributed by atoms with E-state index >= 15 is 0 Å². The van der Waals surface area contributed by atoms with Crippen molar-refractivity contribution >= 4 is 5.69 Å². The van der Waals surface area contributed by atoms with Gasteiger partial charge in [0.25, 0.3) is 0 Å². The standard InChI is InChI=1S/C11H13FN2O2/c12-9-2-1-8(7-10(9)14(15)16)11(3-4-11)5-6-13/h1-2,7H,3-6,13H2. The molecule has 0 radical (unpaired) electrons. The fourth-order valence-electron chi connectivity index (χ4n) is 2.09. The molecule has 5 heteroatoms. The van der Waals surface area contributed by atoms with Gasteiger partial charge in [0.1, 0.15) is 0 Å². The molecule has 2 rings (SSSR count). The summed E-state index contributed by atoms with van der Waals surface area (Å²) in [4.78, 5) is 9.94. The molecule has 4 nitrogen and oxygen atoms in total. The second-order valence-corrected chi connectivity index (χ2v) is 4.24. The molecule has 1 aliphatic rings. The van der Waals surface area contributed by atoms with Crippen molar-refractivity contribution in [1.82, 2.24) is 0 Å². The molecule has 2 N–H and O–H groups in total. The molecule has 0 atom stereocenters. The van der Waals surface area contributed by atoms with Gasteiger partial charge in [-0.3, -0.25) is 10.1 Å². The highest BCUT2D eigenvalue weighted by Crippen LogP contribution is 2.51. The lowest BCUT2D eigenvalue weighted by molar-refractivity contribution is -0.387. The summed E-state index contributed by atoms with van der Waals surface area (Å²) in [5.74, 6) is -0.780. The van der Waals surface area contributed by atoms with Gasteiger partial charge in [-0.2, -0.15) is 4.39 Å². The zero-order valence-corrected chi connectivity index (χ0v) is 8.78. The molecule has 1 fully saturated rings. The summed E-state index contributed by atoms with van der Waals surface area (Å²) in [5, 5.41) is 10.6. The van der Waals surface area contributed by atoms with Crippen molar-refractivity contribution in [2.45, 2.75) is 24.7 Å². The van der Waals surface area contributed by atoms with E-state index in [1.54, 1.807) is 6.07 Å². The van der Waals surface area contributed by atoms with E-state index in [0.29, 0.717) is 6.54 Å². The lowest BCUT2D eigenvalue weighted by Crippen LogP contribution is -2.13. The van der Waals surface area contributed by atoms with Crippen LogP contribution >= 0.6 is 0 Å². The summed E-state index contributed by atoms with van der Waals surface area (Å²) in [6, 6.07) is 4.15. The van der Waals surface area contributed by atoms with Gasteiger partial charge in [-0.25, -0.2) is 0 Å². The fraction of sp³-hybridized carbons (Fsp3) is 0.455.